The molecule has 0 N–H and O–H groups in total. The third-order valence-corrected chi connectivity index (χ3v) is 2.69. The van der Waals surface area contributed by atoms with E-state index in [-0.39, 0.29) is 0 Å². The summed E-state index contributed by atoms with van der Waals surface area (Å²) in [6.07, 6.45) is 7.36. The molecule has 0 atom stereocenters. The molecule has 0 aromatic heterocycles. The van der Waals surface area contributed by atoms with Crippen LogP contribution in [0.25, 0.3) is 6.08 Å². The van der Waals surface area contributed by atoms with Gasteiger partial charge >= 0.3 is 0 Å². The lowest BCUT2D eigenvalue weighted by atomic mass is 10.2. The van der Waals surface area contributed by atoms with Crippen LogP contribution in [0.3, 0.4) is 0 Å². The third-order valence-electron chi connectivity index (χ3n) is 1.95. The summed E-state index contributed by atoms with van der Waals surface area (Å²) < 4.78 is 0. The Hall–Kier alpha value is -0.790. The van der Waals surface area contributed by atoms with Gasteiger partial charge in [0.25, 0.3) is 0 Å². The monoisotopic (exact) mass is 242 g/mol. The molecule has 0 spiro atoms. The minimum atomic E-state index is 0.562. The Labute approximate surface area is 99.7 Å². The molecular weight excluding hydrogens is 231 g/mol. The van der Waals surface area contributed by atoms with Gasteiger partial charge in [-0.25, -0.2) is 0 Å². The van der Waals surface area contributed by atoms with Crippen molar-refractivity contribution >= 4 is 35.6 Å². The molecule has 0 heterocycles. The Morgan fingerprint density at radius 2 is 1.93 bits per heavy atom. The van der Waals surface area contributed by atoms with Gasteiger partial charge in [-0.2, -0.15) is 0 Å². The molecule has 0 fully saturated rings. The lowest BCUT2D eigenvalue weighted by Gasteiger charge is -1.97. The molecule has 0 saturated carbocycles. The number of carbonyl (C=O) groups is 1. The van der Waals surface area contributed by atoms with Gasteiger partial charge in [0.2, 0.25) is 0 Å². The van der Waals surface area contributed by atoms with E-state index in [9.17, 15) is 4.79 Å². The topological polar surface area (TPSA) is 17.1 Å². The van der Waals surface area contributed by atoms with Crippen LogP contribution in [-0.4, -0.2) is 6.29 Å². The number of carbonyl (C=O) groups excluding carboxylic acids is 1. The molecule has 15 heavy (non-hydrogen) atoms. The highest BCUT2D eigenvalue weighted by Crippen LogP contribution is 2.23. The van der Waals surface area contributed by atoms with Gasteiger partial charge in [-0.3, -0.25) is 0 Å². The molecule has 80 valence electrons. The van der Waals surface area contributed by atoms with Crippen LogP contribution in [-0.2, 0) is 4.79 Å². The minimum Gasteiger partial charge on any atom is -0.303 e. The molecule has 1 aromatic carbocycles. The Morgan fingerprint density at radius 3 is 2.60 bits per heavy atom. The van der Waals surface area contributed by atoms with E-state index < -0.39 is 0 Å². The number of allylic oxidation sites excluding steroid dienone is 1. The molecule has 1 aromatic rings. The van der Waals surface area contributed by atoms with Crippen molar-refractivity contribution in [3.63, 3.8) is 0 Å². The summed E-state index contributed by atoms with van der Waals surface area (Å²) in [4.78, 5) is 10.1. The van der Waals surface area contributed by atoms with Gasteiger partial charge in [0.05, 0.1) is 10.0 Å². The van der Waals surface area contributed by atoms with Gasteiger partial charge < -0.3 is 4.79 Å². The molecule has 1 nitrogen and oxygen atoms in total. The van der Waals surface area contributed by atoms with Gasteiger partial charge in [-0.1, -0.05) is 41.4 Å². The lowest BCUT2D eigenvalue weighted by Crippen LogP contribution is -1.76. The highest BCUT2D eigenvalue weighted by Gasteiger charge is 1.96. The molecule has 3 heteroatoms. The van der Waals surface area contributed by atoms with E-state index in [0.717, 1.165) is 24.7 Å². The molecule has 0 aliphatic carbocycles. The fourth-order valence-corrected chi connectivity index (χ4v) is 1.46. The van der Waals surface area contributed by atoms with Crippen molar-refractivity contribution in [1.29, 1.82) is 0 Å². The summed E-state index contributed by atoms with van der Waals surface area (Å²) in [7, 11) is 0. The van der Waals surface area contributed by atoms with Crippen LogP contribution in [0, 0.1) is 0 Å². The van der Waals surface area contributed by atoms with Crippen molar-refractivity contribution in [3.8, 4) is 0 Å². The first kappa shape index (κ1) is 12.3. The van der Waals surface area contributed by atoms with Crippen LogP contribution in [0.4, 0.5) is 0 Å². The Morgan fingerprint density at radius 1 is 1.13 bits per heavy atom. The molecular formula is C12H12Cl2O. The van der Waals surface area contributed by atoms with Crippen molar-refractivity contribution in [2.24, 2.45) is 0 Å². The summed E-state index contributed by atoms with van der Waals surface area (Å²) in [6.45, 7) is 0. The number of benzene rings is 1. The average Bonchev–Trinajstić information content (AvgIpc) is 2.23. The van der Waals surface area contributed by atoms with Crippen LogP contribution >= 0.6 is 23.2 Å². The van der Waals surface area contributed by atoms with Gasteiger partial charge in [-0.05, 0) is 30.5 Å². The van der Waals surface area contributed by atoms with Gasteiger partial charge in [0.1, 0.15) is 6.29 Å². The molecule has 0 amide bonds. The standard InChI is InChI=1S/C12H12Cl2O/c13-11-7-6-10(9-12(11)14)5-3-1-2-4-8-15/h3,5-9H,1-2,4H2. The highest BCUT2D eigenvalue weighted by atomic mass is 35.5. The molecule has 1 rings (SSSR count). The van der Waals surface area contributed by atoms with Crippen LogP contribution in [0.5, 0.6) is 0 Å². The van der Waals surface area contributed by atoms with Crippen molar-refractivity contribution < 1.29 is 4.79 Å². The SMILES string of the molecule is O=CCCCC=Cc1ccc(Cl)c(Cl)c1. The summed E-state index contributed by atoms with van der Waals surface area (Å²) in [5.41, 5.74) is 1.02. The highest BCUT2D eigenvalue weighted by molar-refractivity contribution is 6.42. The second kappa shape index (κ2) is 6.65. The smallest absolute Gasteiger partial charge is 0.120 e. The van der Waals surface area contributed by atoms with E-state index in [1.165, 1.54) is 0 Å². The maximum absolute atomic E-state index is 10.1. The zero-order valence-electron chi connectivity index (χ0n) is 8.25. The molecule has 0 radical (unpaired) electrons. The summed E-state index contributed by atoms with van der Waals surface area (Å²) in [6, 6.07) is 5.50. The number of hydrogen-bond donors (Lipinski definition) is 0. The first-order valence-corrected chi connectivity index (χ1v) is 5.55. The fourth-order valence-electron chi connectivity index (χ4n) is 1.15. The normalized spacial score (nSPS) is 10.8. The van der Waals surface area contributed by atoms with Crippen LogP contribution in [0.1, 0.15) is 24.8 Å². The molecule has 0 saturated heterocycles. The number of aldehydes is 1. The van der Waals surface area contributed by atoms with E-state index >= 15 is 0 Å². The minimum absolute atomic E-state index is 0.562. The quantitative estimate of drug-likeness (QED) is 0.554. The van der Waals surface area contributed by atoms with E-state index in [1.807, 2.05) is 24.3 Å². The molecule has 0 aliphatic rings. The Bertz CT molecular complexity index is 359. The van der Waals surface area contributed by atoms with E-state index in [1.54, 1.807) is 6.07 Å². The van der Waals surface area contributed by atoms with E-state index in [2.05, 4.69) is 0 Å². The first-order valence-electron chi connectivity index (χ1n) is 4.79. The number of rotatable bonds is 5. The van der Waals surface area contributed by atoms with Crippen molar-refractivity contribution in [2.45, 2.75) is 19.3 Å². The number of hydrogen-bond acceptors (Lipinski definition) is 1. The fraction of sp³-hybridized carbons (Fsp3) is 0.250. The van der Waals surface area contributed by atoms with E-state index in [0.29, 0.717) is 16.5 Å². The van der Waals surface area contributed by atoms with Crippen molar-refractivity contribution in [2.75, 3.05) is 0 Å². The summed E-state index contributed by atoms with van der Waals surface area (Å²) in [5.74, 6) is 0. The van der Waals surface area contributed by atoms with Gasteiger partial charge in [0.15, 0.2) is 0 Å². The maximum Gasteiger partial charge on any atom is 0.120 e. The molecule has 0 aliphatic heterocycles. The summed E-state index contributed by atoms with van der Waals surface area (Å²) >= 11 is 11.7. The molecule has 0 unspecified atom stereocenters. The third kappa shape index (κ3) is 4.50. The van der Waals surface area contributed by atoms with Crippen molar-refractivity contribution in [1.82, 2.24) is 0 Å². The van der Waals surface area contributed by atoms with Crippen LogP contribution in [0.2, 0.25) is 10.0 Å². The molecule has 0 bridgehead atoms. The number of unbranched alkanes of at least 4 members (excludes halogenated alkanes) is 2. The van der Waals surface area contributed by atoms with Gasteiger partial charge in [0, 0.05) is 6.42 Å². The second-order valence-electron chi connectivity index (χ2n) is 3.17. The van der Waals surface area contributed by atoms with Crippen molar-refractivity contribution in [3.05, 3.63) is 39.9 Å². The average molecular weight is 243 g/mol. The Kier molecular flexibility index (Phi) is 5.44. The lowest BCUT2D eigenvalue weighted by molar-refractivity contribution is -0.107. The largest absolute Gasteiger partial charge is 0.303 e. The predicted molar refractivity (Wildman–Crippen MR) is 65.4 cm³/mol. The second-order valence-corrected chi connectivity index (χ2v) is 3.99. The zero-order chi connectivity index (χ0) is 11.1. The Balaban J connectivity index is 2.49. The maximum atomic E-state index is 10.1. The van der Waals surface area contributed by atoms with E-state index in [4.69, 9.17) is 23.2 Å². The predicted octanol–water partition coefficient (Wildman–Crippen LogP) is 4.38. The van der Waals surface area contributed by atoms with Crippen LogP contribution in [0.15, 0.2) is 24.3 Å². The summed E-state index contributed by atoms with van der Waals surface area (Å²) in [5, 5.41) is 1.13. The number of halogens is 2. The first-order chi connectivity index (χ1) is 7.24. The van der Waals surface area contributed by atoms with Gasteiger partial charge in [-0.15, -0.1) is 0 Å². The zero-order valence-corrected chi connectivity index (χ0v) is 9.76. The van der Waals surface area contributed by atoms with Crippen LogP contribution < -0.4 is 0 Å².